The van der Waals surface area contributed by atoms with Crippen molar-refractivity contribution in [1.29, 1.82) is 0 Å². The van der Waals surface area contributed by atoms with Gasteiger partial charge in [-0.3, -0.25) is 0 Å². The van der Waals surface area contributed by atoms with Gasteiger partial charge in [-0.2, -0.15) is 0 Å². The molecule has 0 heterocycles. The predicted molar refractivity (Wildman–Crippen MR) is 89.5 cm³/mol. The van der Waals surface area contributed by atoms with Crippen LogP contribution in [0.4, 0.5) is 0 Å². The maximum Gasteiger partial charge on any atom is 2.00 e. The average molecular weight is 392 g/mol. The number of carboxylic acids is 2. The van der Waals surface area contributed by atoms with Crippen molar-refractivity contribution in [2.24, 2.45) is 0 Å². The molecule has 0 atom stereocenters. The van der Waals surface area contributed by atoms with E-state index in [4.69, 9.17) is 0 Å². The van der Waals surface area contributed by atoms with E-state index in [1.165, 1.54) is 0 Å². The number of rotatable bonds is 6. The Bertz CT molecular complexity index is 623. The molecule has 2 rings (SSSR count). The molecule has 0 saturated heterocycles. The van der Waals surface area contributed by atoms with Crippen molar-refractivity contribution in [2.45, 2.75) is 39.5 Å². The summed E-state index contributed by atoms with van der Waals surface area (Å²) in [6, 6.07) is 13.9. The molecular weight excluding hydrogens is 370 g/mol. The summed E-state index contributed by atoms with van der Waals surface area (Å²) in [6.45, 7) is 4.04. The van der Waals surface area contributed by atoms with Gasteiger partial charge in [0.15, 0.2) is 0 Å². The van der Waals surface area contributed by atoms with Crippen molar-refractivity contribution < 1.29 is 39.3 Å². The van der Waals surface area contributed by atoms with Crippen molar-refractivity contribution in [3.8, 4) is 0 Å². The number of carbonyl (C=O) groups excluding carboxylic acids is 2. The van der Waals surface area contributed by atoms with Crippen LogP contribution >= 0.6 is 0 Å². The zero-order valence-electron chi connectivity index (χ0n) is 14.8. The van der Waals surface area contributed by atoms with Crippen molar-refractivity contribution >= 4 is 11.9 Å². The molecule has 0 bridgehead atoms. The summed E-state index contributed by atoms with van der Waals surface area (Å²) >= 11 is 0. The Labute approximate surface area is 161 Å². The van der Waals surface area contributed by atoms with Gasteiger partial charge >= 0.3 is 19.5 Å². The molecule has 0 N–H and O–H groups in total. The van der Waals surface area contributed by atoms with Crippen molar-refractivity contribution in [3.05, 3.63) is 70.8 Å². The monoisotopic (exact) mass is 390 g/mol. The maximum atomic E-state index is 10.6. The van der Waals surface area contributed by atoms with E-state index in [1.54, 1.807) is 24.3 Å². The molecule has 0 fully saturated rings. The molecule has 0 radical (unpaired) electrons. The second-order valence-corrected chi connectivity index (χ2v) is 5.39. The summed E-state index contributed by atoms with van der Waals surface area (Å²) < 4.78 is 0. The largest absolute Gasteiger partial charge is 2.00 e. The standard InChI is InChI=1S/2C10H12O2.Zn/c2*1-2-5-8-6-3-4-7-9(8)10(11)12;/h2*3-4,6-7H,2,5H2,1H3,(H,11,12);/q;;+2/p-2. The minimum atomic E-state index is -1.08. The third-order valence-electron chi connectivity index (χ3n) is 3.51. The number of benzene rings is 2. The minimum absolute atomic E-state index is 0. The molecule has 0 unspecified atom stereocenters. The second-order valence-electron chi connectivity index (χ2n) is 5.39. The molecule has 0 aliphatic heterocycles. The SMILES string of the molecule is CCCc1ccccc1C(=O)[O-].CCCc1ccccc1C(=O)[O-].[Zn+2]. The van der Waals surface area contributed by atoms with Crippen molar-refractivity contribution in [3.63, 3.8) is 0 Å². The van der Waals surface area contributed by atoms with Crippen LogP contribution in [-0.4, -0.2) is 11.9 Å². The van der Waals surface area contributed by atoms with Gasteiger partial charge in [-0.1, -0.05) is 75.2 Å². The van der Waals surface area contributed by atoms with E-state index in [1.807, 2.05) is 38.1 Å². The van der Waals surface area contributed by atoms with Crippen LogP contribution in [-0.2, 0) is 32.3 Å². The summed E-state index contributed by atoms with van der Waals surface area (Å²) in [7, 11) is 0. The van der Waals surface area contributed by atoms with Crippen LogP contribution in [0.25, 0.3) is 0 Å². The van der Waals surface area contributed by atoms with E-state index >= 15 is 0 Å². The van der Waals surface area contributed by atoms with Crippen LogP contribution in [0.15, 0.2) is 48.5 Å². The number of hydrogen-bond donors (Lipinski definition) is 0. The number of hydrogen-bond acceptors (Lipinski definition) is 4. The molecule has 0 amide bonds. The summed E-state index contributed by atoms with van der Waals surface area (Å²) in [5, 5.41) is 21.2. The van der Waals surface area contributed by atoms with Crippen molar-refractivity contribution in [1.82, 2.24) is 0 Å². The molecule has 0 aromatic heterocycles. The van der Waals surface area contributed by atoms with E-state index in [0.29, 0.717) is 11.1 Å². The van der Waals surface area contributed by atoms with Crippen LogP contribution in [0, 0.1) is 0 Å². The van der Waals surface area contributed by atoms with Gasteiger partial charge in [0.2, 0.25) is 0 Å². The summed E-state index contributed by atoms with van der Waals surface area (Å²) in [6.07, 6.45) is 3.49. The van der Waals surface area contributed by atoms with Crippen molar-refractivity contribution in [2.75, 3.05) is 0 Å². The first-order chi connectivity index (χ1) is 11.5. The molecule has 0 saturated carbocycles. The van der Waals surface area contributed by atoms with E-state index in [2.05, 4.69) is 0 Å². The van der Waals surface area contributed by atoms with Gasteiger partial charge in [0.1, 0.15) is 0 Å². The molecule has 2 aromatic carbocycles. The number of aryl methyl sites for hydroxylation is 2. The molecule has 2 aromatic rings. The number of aromatic carboxylic acids is 2. The van der Waals surface area contributed by atoms with E-state index < -0.39 is 11.9 Å². The molecule has 128 valence electrons. The van der Waals surface area contributed by atoms with E-state index in [0.717, 1.165) is 36.8 Å². The first kappa shape index (κ1) is 23.0. The predicted octanol–water partition coefficient (Wildman–Crippen LogP) is 2.00. The first-order valence-electron chi connectivity index (χ1n) is 8.09. The zero-order chi connectivity index (χ0) is 17.9. The third kappa shape index (κ3) is 7.61. The van der Waals surface area contributed by atoms with Crippen LogP contribution in [0.3, 0.4) is 0 Å². The van der Waals surface area contributed by atoms with Gasteiger partial charge in [0, 0.05) is 11.1 Å². The Balaban J connectivity index is 0.000000443. The van der Waals surface area contributed by atoms with Gasteiger partial charge in [-0.05, 0) is 24.0 Å². The van der Waals surface area contributed by atoms with Gasteiger partial charge in [-0.25, -0.2) is 0 Å². The first-order valence-corrected chi connectivity index (χ1v) is 8.09. The fraction of sp³-hybridized carbons (Fsp3) is 0.300. The normalized spacial score (nSPS) is 9.36. The summed E-state index contributed by atoms with van der Waals surface area (Å²) in [5.41, 5.74) is 2.36. The molecule has 5 heteroatoms. The Morgan fingerprint density at radius 2 is 1.04 bits per heavy atom. The molecule has 25 heavy (non-hydrogen) atoms. The van der Waals surface area contributed by atoms with Gasteiger partial charge < -0.3 is 19.8 Å². The minimum Gasteiger partial charge on any atom is -0.545 e. The smallest absolute Gasteiger partial charge is 0.545 e. The van der Waals surface area contributed by atoms with Crippen LogP contribution in [0.1, 0.15) is 58.5 Å². The average Bonchev–Trinajstić information content (AvgIpc) is 2.57. The molecule has 0 aliphatic carbocycles. The van der Waals surface area contributed by atoms with Gasteiger partial charge in [0.05, 0.1) is 11.9 Å². The Morgan fingerprint density at radius 1 is 0.720 bits per heavy atom. The molecule has 4 nitrogen and oxygen atoms in total. The fourth-order valence-corrected chi connectivity index (χ4v) is 2.41. The summed E-state index contributed by atoms with van der Waals surface area (Å²) in [4.78, 5) is 21.2. The van der Waals surface area contributed by atoms with Crippen LogP contribution < -0.4 is 10.2 Å². The van der Waals surface area contributed by atoms with Gasteiger partial charge in [0.25, 0.3) is 0 Å². The van der Waals surface area contributed by atoms with Crippen LogP contribution in [0.5, 0.6) is 0 Å². The topological polar surface area (TPSA) is 80.3 Å². The maximum absolute atomic E-state index is 10.6. The number of carbonyl (C=O) groups is 2. The Hall–Kier alpha value is -2.00. The molecular formula is C20H22O4Zn. The fourth-order valence-electron chi connectivity index (χ4n) is 2.41. The third-order valence-corrected chi connectivity index (χ3v) is 3.51. The molecule has 0 aliphatic rings. The molecule has 0 spiro atoms. The van der Waals surface area contributed by atoms with E-state index in [9.17, 15) is 19.8 Å². The van der Waals surface area contributed by atoms with E-state index in [-0.39, 0.29) is 19.5 Å². The quantitative estimate of drug-likeness (QED) is 0.705. The second kappa shape index (κ2) is 12.4. The van der Waals surface area contributed by atoms with Gasteiger partial charge in [-0.15, -0.1) is 0 Å². The Kier molecular flexibility index (Phi) is 11.4. The Morgan fingerprint density at radius 3 is 1.32 bits per heavy atom. The summed E-state index contributed by atoms with van der Waals surface area (Å²) in [5.74, 6) is -2.17. The zero-order valence-corrected chi connectivity index (χ0v) is 17.8. The number of carboxylic acid groups (broad SMARTS) is 2. The van der Waals surface area contributed by atoms with Crippen LogP contribution in [0.2, 0.25) is 0 Å².